The van der Waals surface area contributed by atoms with Gasteiger partial charge in [-0.2, -0.15) is 0 Å². The Morgan fingerprint density at radius 2 is 1.77 bits per heavy atom. The summed E-state index contributed by atoms with van der Waals surface area (Å²) < 4.78 is 0. The van der Waals surface area contributed by atoms with Crippen LogP contribution in [0.5, 0.6) is 0 Å². The molecule has 3 unspecified atom stereocenters. The van der Waals surface area contributed by atoms with Crippen LogP contribution in [0.3, 0.4) is 0 Å². The molecule has 2 aliphatic carbocycles. The predicted molar refractivity (Wildman–Crippen MR) is 54.6 cm³/mol. The first-order valence-corrected chi connectivity index (χ1v) is 5.99. The highest BCUT2D eigenvalue weighted by molar-refractivity contribution is 5.03. The molecule has 0 aromatic rings. The molecule has 4 atom stereocenters. The van der Waals surface area contributed by atoms with Crippen LogP contribution in [0.15, 0.2) is 0 Å². The number of likely N-dealkylation sites (tertiary alicyclic amines) is 1. The van der Waals surface area contributed by atoms with Gasteiger partial charge < -0.3 is 4.90 Å². The van der Waals surface area contributed by atoms with Gasteiger partial charge in [-0.05, 0) is 44.6 Å². The smallest absolute Gasteiger partial charge is 0.0101 e. The fourth-order valence-corrected chi connectivity index (χ4v) is 4.01. The first kappa shape index (κ1) is 8.28. The molecule has 1 heteroatoms. The molecule has 1 aliphatic heterocycles. The SMILES string of the molecule is C[C@@H]1C2CC(CC2C2CCC2)N1C. The summed E-state index contributed by atoms with van der Waals surface area (Å²) >= 11 is 0. The van der Waals surface area contributed by atoms with E-state index in [0.717, 1.165) is 29.8 Å². The minimum absolute atomic E-state index is 0.879. The lowest BCUT2D eigenvalue weighted by Crippen LogP contribution is -2.42. The molecule has 0 radical (unpaired) electrons. The zero-order valence-corrected chi connectivity index (χ0v) is 8.87. The normalized spacial score (nSPS) is 51.2. The van der Waals surface area contributed by atoms with Crippen molar-refractivity contribution in [3.05, 3.63) is 0 Å². The molecule has 3 aliphatic rings. The van der Waals surface area contributed by atoms with Crippen molar-refractivity contribution in [3.8, 4) is 0 Å². The molecule has 13 heavy (non-hydrogen) atoms. The average molecular weight is 179 g/mol. The standard InChI is InChI=1S/C12H21N/c1-8-11-6-10(13(8)2)7-12(11)9-4-3-5-9/h8-12H,3-7H2,1-2H3/t8-,10?,11?,12?/m1/s1. The van der Waals surface area contributed by atoms with Crippen molar-refractivity contribution in [3.63, 3.8) is 0 Å². The van der Waals surface area contributed by atoms with Gasteiger partial charge in [0.2, 0.25) is 0 Å². The Morgan fingerprint density at radius 1 is 1.08 bits per heavy atom. The molecule has 1 saturated heterocycles. The van der Waals surface area contributed by atoms with Gasteiger partial charge >= 0.3 is 0 Å². The van der Waals surface area contributed by atoms with Crippen LogP contribution in [0, 0.1) is 17.8 Å². The third-order valence-corrected chi connectivity index (χ3v) is 5.23. The minimum Gasteiger partial charge on any atom is -0.300 e. The fourth-order valence-electron chi connectivity index (χ4n) is 4.01. The lowest BCUT2D eigenvalue weighted by molar-refractivity contribution is 0.0762. The van der Waals surface area contributed by atoms with E-state index < -0.39 is 0 Å². The number of hydrogen-bond acceptors (Lipinski definition) is 1. The zero-order chi connectivity index (χ0) is 9.00. The highest BCUT2D eigenvalue weighted by Crippen LogP contribution is 2.52. The molecule has 1 heterocycles. The van der Waals surface area contributed by atoms with Crippen LogP contribution in [0.25, 0.3) is 0 Å². The predicted octanol–water partition coefficient (Wildman–Crippen LogP) is 2.52. The molecule has 0 aromatic carbocycles. The van der Waals surface area contributed by atoms with Gasteiger partial charge in [0, 0.05) is 12.1 Å². The molecule has 2 bridgehead atoms. The van der Waals surface area contributed by atoms with Crippen molar-refractivity contribution in [2.75, 3.05) is 7.05 Å². The van der Waals surface area contributed by atoms with E-state index in [0.29, 0.717) is 0 Å². The zero-order valence-electron chi connectivity index (χ0n) is 8.87. The first-order chi connectivity index (χ1) is 6.27. The summed E-state index contributed by atoms with van der Waals surface area (Å²) in [5.74, 6) is 3.30. The molecule has 3 rings (SSSR count). The maximum Gasteiger partial charge on any atom is 0.0101 e. The van der Waals surface area contributed by atoms with Crippen LogP contribution in [-0.4, -0.2) is 24.0 Å². The van der Waals surface area contributed by atoms with Crippen LogP contribution in [0.4, 0.5) is 0 Å². The monoisotopic (exact) mass is 179 g/mol. The van der Waals surface area contributed by atoms with E-state index in [2.05, 4.69) is 18.9 Å². The fraction of sp³-hybridized carbons (Fsp3) is 1.00. The van der Waals surface area contributed by atoms with E-state index in [4.69, 9.17) is 0 Å². The Balaban J connectivity index is 1.74. The van der Waals surface area contributed by atoms with Gasteiger partial charge in [0.05, 0.1) is 0 Å². The molecule has 74 valence electrons. The lowest BCUT2D eigenvalue weighted by atomic mass is 9.69. The minimum atomic E-state index is 0.879. The number of piperidine rings is 1. The van der Waals surface area contributed by atoms with Crippen LogP contribution >= 0.6 is 0 Å². The summed E-state index contributed by atoms with van der Waals surface area (Å²) in [5, 5.41) is 0. The highest BCUT2D eigenvalue weighted by atomic mass is 15.2. The summed E-state index contributed by atoms with van der Waals surface area (Å²) in [6, 6.07) is 1.83. The van der Waals surface area contributed by atoms with Crippen LogP contribution in [0.2, 0.25) is 0 Å². The average Bonchev–Trinajstić information content (AvgIpc) is 2.51. The van der Waals surface area contributed by atoms with Gasteiger partial charge in [0.25, 0.3) is 0 Å². The van der Waals surface area contributed by atoms with Gasteiger partial charge in [-0.1, -0.05) is 19.3 Å². The Kier molecular flexibility index (Phi) is 1.74. The largest absolute Gasteiger partial charge is 0.300 e. The molecule has 0 amide bonds. The second-order valence-corrected chi connectivity index (χ2v) is 5.55. The Bertz CT molecular complexity index is 207. The molecule has 0 aromatic heterocycles. The Morgan fingerprint density at radius 3 is 2.23 bits per heavy atom. The van der Waals surface area contributed by atoms with Gasteiger partial charge in [0.15, 0.2) is 0 Å². The van der Waals surface area contributed by atoms with Crippen molar-refractivity contribution >= 4 is 0 Å². The van der Waals surface area contributed by atoms with E-state index in [1.807, 2.05) is 0 Å². The van der Waals surface area contributed by atoms with Crippen LogP contribution in [-0.2, 0) is 0 Å². The van der Waals surface area contributed by atoms with Crippen LogP contribution < -0.4 is 0 Å². The molecular weight excluding hydrogens is 158 g/mol. The summed E-state index contributed by atoms with van der Waals surface area (Å²) in [6.45, 7) is 2.44. The maximum absolute atomic E-state index is 2.62. The quantitative estimate of drug-likeness (QED) is 0.598. The van der Waals surface area contributed by atoms with Gasteiger partial charge in [-0.25, -0.2) is 0 Å². The third kappa shape index (κ3) is 1.03. The number of nitrogens with zero attached hydrogens (tertiary/aromatic N) is 1. The van der Waals surface area contributed by atoms with Crippen molar-refractivity contribution < 1.29 is 0 Å². The summed E-state index contributed by atoms with van der Waals surface area (Å²) in [6.07, 6.45) is 7.65. The number of fused-ring (bicyclic) bond motifs is 2. The molecular formula is C12H21N. The van der Waals surface area contributed by atoms with Gasteiger partial charge in [-0.3, -0.25) is 0 Å². The molecule has 3 fully saturated rings. The first-order valence-electron chi connectivity index (χ1n) is 5.99. The second kappa shape index (κ2) is 2.73. The van der Waals surface area contributed by atoms with E-state index in [9.17, 15) is 0 Å². The molecule has 0 spiro atoms. The Labute approximate surface area is 81.5 Å². The third-order valence-electron chi connectivity index (χ3n) is 5.23. The lowest BCUT2D eigenvalue weighted by Gasteiger charge is -2.41. The van der Waals surface area contributed by atoms with E-state index in [-0.39, 0.29) is 0 Å². The van der Waals surface area contributed by atoms with Crippen LogP contribution in [0.1, 0.15) is 39.0 Å². The summed E-state index contributed by atoms with van der Waals surface area (Å²) in [5.41, 5.74) is 0. The topological polar surface area (TPSA) is 3.24 Å². The molecule has 1 nitrogen and oxygen atoms in total. The van der Waals surface area contributed by atoms with Crippen molar-refractivity contribution in [2.24, 2.45) is 17.8 Å². The maximum atomic E-state index is 2.62. The van der Waals surface area contributed by atoms with E-state index >= 15 is 0 Å². The molecule has 0 N–H and O–H groups in total. The highest BCUT2D eigenvalue weighted by Gasteiger charge is 2.50. The number of hydrogen-bond donors (Lipinski definition) is 0. The van der Waals surface area contributed by atoms with Crippen molar-refractivity contribution in [1.29, 1.82) is 0 Å². The summed E-state index contributed by atoms with van der Waals surface area (Å²) in [4.78, 5) is 2.62. The summed E-state index contributed by atoms with van der Waals surface area (Å²) in [7, 11) is 2.33. The van der Waals surface area contributed by atoms with Crippen molar-refractivity contribution in [1.82, 2.24) is 4.90 Å². The van der Waals surface area contributed by atoms with Crippen molar-refractivity contribution in [2.45, 2.75) is 51.1 Å². The molecule has 2 saturated carbocycles. The van der Waals surface area contributed by atoms with Gasteiger partial charge in [0.1, 0.15) is 0 Å². The van der Waals surface area contributed by atoms with E-state index in [1.54, 1.807) is 12.8 Å². The Hall–Kier alpha value is -0.0400. The van der Waals surface area contributed by atoms with Gasteiger partial charge in [-0.15, -0.1) is 0 Å². The second-order valence-electron chi connectivity index (χ2n) is 5.55. The number of rotatable bonds is 1. The van der Waals surface area contributed by atoms with E-state index in [1.165, 1.54) is 19.3 Å².